The van der Waals surface area contributed by atoms with Crippen molar-refractivity contribution in [1.29, 1.82) is 0 Å². The van der Waals surface area contributed by atoms with Crippen LogP contribution in [0.2, 0.25) is 0 Å². The van der Waals surface area contributed by atoms with Crippen LogP contribution in [0.25, 0.3) is 0 Å². The minimum atomic E-state index is -3.65. The van der Waals surface area contributed by atoms with E-state index < -0.39 is 10.0 Å². The number of aryl methyl sites for hydroxylation is 2. The minimum Gasteiger partial charge on any atom is -0.314 e. The van der Waals surface area contributed by atoms with E-state index in [1.807, 2.05) is 19.1 Å². The molecule has 0 atom stereocenters. The van der Waals surface area contributed by atoms with Crippen molar-refractivity contribution in [3.8, 4) is 0 Å². The van der Waals surface area contributed by atoms with Gasteiger partial charge in [0.25, 0.3) is 10.0 Å². The van der Waals surface area contributed by atoms with Gasteiger partial charge in [-0.2, -0.15) is 5.10 Å². The molecule has 0 bridgehead atoms. The Balaban J connectivity index is 2.35. The van der Waals surface area contributed by atoms with Gasteiger partial charge in [0.2, 0.25) is 0 Å². The van der Waals surface area contributed by atoms with Crippen LogP contribution in [0.4, 0.5) is 5.69 Å². The van der Waals surface area contributed by atoms with E-state index in [2.05, 4.69) is 20.2 Å². The van der Waals surface area contributed by atoms with Crippen molar-refractivity contribution in [1.82, 2.24) is 15.5 Å². The lowest BCUT2D eigenvalue weighted by atomic mass is 10.2. The van der Waals surface area contributed by atoms with Crippen LogP contribution in [0.15, 0.2) is 29.2 Å². The molecule has 0 aliphatic rings. The van der Waals surface area contributed by atoms with Crippen molar-refractivity contribution in [2.45, 2.75) is 25.3 Å². The van der Waals surface area contributed by atoms with Crippen LogP contribution in [0, 0.1) is 13.8 Å². The molecule has 1 aromatic heterocycles. The van der Waals surface area contributed by atoms with Gasteiger partial charge in [-0.05, 0) is 33.0 Å². The topological polar surface area (TPSA) is 86.9 Å². The van der Waals surface area contributed by atoms with Crippen molar-refractivity contribution in [3.05, 3.63) is 41.2 Å². The van der Waals surface area contributed by atoms with Gasteiger partial charge >= 0.3 is 0 Å². The van der Waals surface area contributed by atoms with Crippen molar-refractivity contribution in [2.75, 3.05) is 11.8 Å². The van der Waals surface area contributed by atoms with Gasteiger partial charge < -0.3 is 5.32 Å². The summed E-state index contributed by atoms with van der Waals surface area (Å²) in [6.45, 7) is 4.02. The third-order valence-electron chi connectivity index (χ3n) is 2.88. The Bertz CT molecular complexity index is 690. The zero-order valence-corrected chi connectivity index (χ0v) is 12.5. The number of sulfonamides is 1. The highest BCUT2D eigenvalue weighted by molar-refractivity contribution is 7.92. The van der Waals surface area contributed by atoms with E-state index in [1.165, 1.54) is 0 Å². The lowest BCUT2D eigenvalue weighted by molar-refractivity contribution is 0.598. The summed E-state index contributed by atoms with van der Waals surface area (Å²) >= 11 is 0. The fourth-order valence-electron chi connectivity index (χ4n) is 1.94. The summed E-state index contributed by atoms with van der Waals surface area (Å²) in [4.78, 5) is 0.201. The van der Waals surface area contributed by atoms with Gasteiger partial charge in [0.05, 0.1) is 11.4 Å². The van der Waals surface area contributed by atoms with Gasteiger partial charge in [0.1, 0.15) is 4.90 Å². The summed E-state index contributed by atoms with van der Waals surface area (Å²) in [5, 5.41) is 9.64. The molecule has 0 spiro atoms. The summed E-state index contributed by atoms with van der Waals surface area (Å²) in [5.41, 5.74) is 2.61. The Hall–Kier alpha value is -1.86. The third kappa shape index (κ3) is 3.00. The molecule has 2 aromatic rings. The molecule has 0 fully saturated rings. The molecule has 7 heteroatoms. The van der Waals surface area contributed by atoms with Crippen LogP contribution in [-0.4, -0.2) is 25.7 Å². The summed E-state index contributed by atoms with van der Waals surface area (Å²) in [6.07, 6.45) is 0. The molecule has 108 valence electrons. The molecule has 1 heterocycles. The molecule has 20 heavy (non-hydrogen) atoms. The van der Waals surface area contributed by atoms with Crippen molar-refractivity contribution in [3.63, 3.8) is 0 Å². The first-order valence-corrected chi connectivity index (χ1v) is 7.70. The van der Waals surface area contributed by atoms with E-state index in [9.17, 15) is 8.42 Å². The van der Waals surface area contributed by atoms with Crippen molar-refractivity contribution < 1.29 is 8.42 Å². The second kappa shape index (κ2) is 5.64. The van der Waals surface area contributed by atoms with Crippen LogP contribution in [-0.2, 0) is 16.6 Å². The number of aromatic amines is 1. The number of nitrogens with zero attached hydrogens (tertiary/aromatic N) is 1. The molecular formula is C13H18N4O2S. The van der Waals surface area contributed by atoms with Crippen molar-refractivity contribution >= 4 is 15.7 Å². The normalized spacial score (nSPS) is 11.6. The lowest BCUT2D eigenvalue weighted by Crippen LogP contribution is -2.17. The molecule has 0 radical (unpaired) electrons. The van der Waals surface area contributed by atoms with Gasteiger partial charge in [0.15, 0.2) is 0 Å². The van der Waals surface area contributed by atoms with Gasteiger partial charge in [-0.25, -0.2) is 8.42 Å². The average Bonchev–Trinajstić information content (AvgIpc) is 2.74. The quantitative estimate of drug-likeness (QED) is 0.781. The highest BCUT2D eigenvalue weighted by Gasteiger charge is 2.23. The SMILES string of the molecule is CNCc1n[nH]c(C)c1S(=O)(=O)Nc1ccc(C)cc1. The van der Waals surface area contributed by atoms with Gasteiger partial charge in [0, 0.05) is 12.2 Å². The number of hydrogen-bond donors (Lipinski definition) is 3. The van der Waals surface area contributed by atoms with E-state index in [4.69, 9.17) is 0 Å². The fourth-order valence-corrected chi connectivity index (χ4v) is 3.37. The largest absolute Gasteiger partial charge is 0.314 e. The summed E-state index contributed by atoms with van der Waals surface area (Å²) in [7, 11) is -1.91. The zero-order chi connectivity index (χ0) is 14.8. The molecule has 6 nitrogen and oxygen atoms in total. The van der Waals surface area contributed by atoms with E-state index in [1.54, 1.807) is 26.1 Å². The monoisotopic (exact) mass is 294 g/mol. The predicted molar refractivity (Wildman–Crippen MR) is 78.1 cm³/mol. The third-order valence-corrected chi connectivity index (χ3v) is 4.46. The standard InChI is InChI=1S/C13H18N4O2S/c1-9-4-6-11(7-5-9)17-20(18,19)13-10(2)15-16-12(13)8-14-3/h4-7,14,17H,8H2,1-3H3,(H,15,16). The molecule has 0 unspecified atom stereocenters. The number of H-pyrrole nitrogens is 1. The number of benzene rings is 1. The van der Waals surface area contributed by atoms with Crippen molar-refractivity contribution in [2.24, 2.45) is 0 Å². The highest BCUT2D eigenvalue weighted by Crippen LogP contribution is 2.21. The molecule has 0 saturated carbocycles. The Morgan fingerprint density at radius 1 is 1.20 bits per heavy atom. The maximum absolute atomic E-state index is 12.5. The zero-order valence-electron chi connectivity index (χ0n) is 11.7. The Morgan fingerprint density at radius 3 is 2.45 bits per heavy atom. The van der Waals surface area contributed by atoms with Crippen LogP contribution < -0.4 is 10.0 Å². The maximum atomic E-state index is 12.5. The van der Waals surface area contributed by atoms with E-state index in [-0.39, 0.29) is 4.90 Å². The Kier molecular flexibility index (Phi) is 4.10. The number of rotatable bonds is 5. The number of anilines is 1. The first kappa shape index (κ1) is 14.5. The maximum Gasteiger partial charge on any atom is 0.265 e. The fraction of sp³-hybridized carbons (Fsp3) is 0.308. The minimum absolute atomic E-state index is 0.201. The smallest absolute Gasteiger partial charge is 0.265 e. The molecule has 3 N–H and O–H groups in total. The molecule has 0 amide bonds. The molecule has 1 aromatic carbocycles. The van der Waals surface area contributed by atoms with E-state index >= 15 is 0 Å². The highest BCUT2D eigenvalue weighted by atomic mass is 32.2. The van der Waals surface area contributed by atoms with Gasteiger partial charge in [-0.1, -0.05) is 17.7 Å². The Labute approximate surface area is 118 Å². The predicted octanol–water partition coefficient (Wildman–Crippen LogP) is 1.55. The van der Waals surface area contributed by atoms with Crippen LogP contribution in [0.1, 0.15) is 17.0 Å². The summed E-state index contributed by atoms with van der Waals surface area (Å²) in [5.74, 6) is 0. The second-order valence-corrected chi connectivity index (χ2v) is 6.25. The molecule has 0 aliphatic heterocycles. The molecule has 0 saturated heterocycles. The van der Waals surface area contributed by atoms with Gasteiger partial charge in [-0.3, -0.25) is 9.82 Å². The second-order valence-electron chi connectivity index (χ2n) is 4.63. The number of aromatic nitrogens is 2. The molecule has 2 rings (SSSR count). The molecular weight excluding hydrogens is 276 g/mol. The van der Waals surface area contributed by atoms with Crippen LogP contribution in [0.3, 0.4) is 0 Å². The Morgan fingerprint density at radius 2 is 1.85 bits per heavy atom. The number of hydrogen-bond acceptors (Lipinski definition) is 4. The van der Waals surface area contributed by atoms with Gasteiger partial charge in [-0.15, -0.1) is 0 Å². The summed E-state index contributed by atoms with van der Waals surface area (Å²) < 4.78 is 27.5. The average molecular weight is 294 g/mol. The van der Waals surface area contributed by atoms with E-state index in [0.29, 0.717) is 23.6 Å². The first-order valence-electron chi connectivity index (χ1n) is 6.22. The van der Waals surface area contributed by atoms with Crippen LogP contribution in [0.5, 0.6) is 0 Å². The van der Waals surface area contributed by atoms with E-state index in [0.717, 1.165) is 5.56 Å². The lowest BCUT2D eigenvalue weighted by Gasteiger charge is -2.09. The van der Waals surface area contributed by atoms with Crippen LogP contribution >= 0.6 is 0 Å². The summed E-state index contributed by atoms with van der Waals surface area (Å²) in [6, 6.07) is 7.18. The number of nitrogens with one attached hydrogen (secondary N) is 3. The first-order chi connectivity index (χ1) is 9.44. The molecule has 0 aliphatic carbocycles.